The van der Waals surface area contributed by atoms with E-state index in [4.69, 9.17) is 0 Å². The lowest BCUT2D eigenvalue weighted by atomic mass is 10.2. The van der Waals surface area contributed by atoms with Crippen LogP contribution in [-0.4, -0.2) is 26.0 Å². The molecular weight excluding hydrogens is 268 g/mol. The van der Waals surface area contributed by atoms with Gasteiger partial charge in [0.1, 0.15) is 0 Å². The van der Waals surface area contributed by atoms with Gasteiger partial charge in [-0.05, 0) is 31.2 Å². The predicted molar refractivity (Wildman–Crippen MR) is 71.2 cm³/mol. The Labute approximate surface area is 110 Å². The van der Waals surface area contributed by atoms with E-state index in [0.717, 1.165) is 4.90 Å². The fraction of sp³-hybridized carbons (Fsp3) is 0.167. The summed E-state index contributed by atoms with van der Waals surface area (Å²) in [5.74, 6) is -0.847. The van der Waals surface area contributed by atoms with E-state index in [-0.39, 0.29) is 5.75 Å². The summed E-state index contributed by atoms with van der Waals surface area (Å²) in [6.45, 7) is 1.53. The third-order valence-corrected chi connectivity index (χ3v) is 3.89. The number of anilines is 2. The van der Waals surface area contributed by atoms with Crippen molar-refractivity contribution in [2.45, 2.75) is 6.92 Å². The number of carbonyl (C=O) groups is 2. The quantitative estimate of drug-likeness (QED) is 0.830. The van der Waals surface area contributed by atoms with Crippen LogP contribution in [0.25, 0.3) is 0 Å². The summed E-state index contributed by atoms with van der Waals surface area (Å²) in [6.07, 6.45) is 2.38. The van der Waals surface area contributed by atoms with E-state index in [1.54, 1.807) is 0 Å². The highest BCUT2D eigenvalue weighted by atomic mass is 32.2. The van der Waals surface area contributed by atoms with Crippen LogP contribution in [0.5, 0.6) is 0 Å². The van der Waals surface area contributed by atoms with Crippen molar-refractivity contribution < 1.29 is 18.0 Å². The highest BCUT2D eigenvalue weighted by Gasteiger charge is 2.24. The zero-order chi connectivity index (χ0) is 14.0. The molecule has 1 N–H and O–H groups in total. The van der Waals surface area contributed by atoms with E-state index in [9.17, 15) is 18.0 Å². The Balaban J connectivity index is 2.20. The van der Waals surface area contributed by atoms with Gasteiger partial charge in [-0.15, -0.1) is 0 Å². The van der Waals surface area contributed by atoms with E-state index in [1.165, 1.54) is 43.3 Å². The second-order valence-electron chi connectivity index (χ2n) is 3.90. The summed E-state index contributed by atoms with van der Waals surface area (Å²) in [5, 5.41) is 0. The zero-order valence-corrected chi connectivity index (χ0v) is 11.0. The fourth-order valence-electron chi connectivity index (χ4n) is 1.59. The molecule has 1 aliphatic heterocycles. The first kappa shape index (κ1) is 13.3. The molecule has 7 heteroatoms. The lowest BCUT2D eigenvalue weighted by Crippen LogP contribution is -2.29. The molecule has 0 aliphatic carbocycles. The second kappa shape index (κ2) is 4.85. The van der Waals surface area contributed by atoms with Gasteiger partial charge >= 0.3 is 0 Å². The van der Waals surface area contributed by atoms with Crippen molar-refractivity contribution >= 4 is 33.2 Å². The molecule has 19 heavy (non-hydrogen) atoms. The first-order chi connectivity index (χ1) is 8.93. The van der Waals surface area contributed by atoms with Crippen LogP contribution in [0.1, 0.15) is 6.92 Å². The largest absolute Gasteiger partial charge is 0.284 e. The van der Waals surface area contributed by atoms with Crippen LogP contribution in [0, 0.1) is 0 Å². The first-order valence-electron chi connectivity index (χ1n) is 5.59. The van der Waals surface area contributed by atoms with Gasteiger partial charge in [-0.3, -0.25) is 14.3 Å². The minimum Gasteiger partial charge on any atom is -0.284 e. The van der Waals surface area contributed by atoms with E-state index in [1.807, 2.05) is 0 Å². The van der Waals surface area contributed by atoms with Crippen LogP contribution in [0.2, 0.25) is 0 Å². The maximum Gasteiger partial charge on any atom is 0.258 e. The highest BCUT2D eigenvalue weighted by molar-refractivity contribution is 7.92. The number of nitrogens with zero attached hydrogens (tertiary/aromatic N) is 1. The van der Waals surface area contributed by atoms with Gasteiger partial charge in [0.25, 0.3) is 11.8 Å². The molecule has 0 saturated carbocycles. The van der Waals surface area contributed by atoms with Crippen molar-refractivity contribution in [3.05, 3.63) is 36.4 Å². The van der Waals surface area contributed by atoms with Gasteiger partial charge in [-0.2, -0.15) is 0 Å². The molecule has 1 heterocycles. The monoisotopic (exact) mass is 280 g/mol. The molecule has 0 spiro atoms. The van der Waals surface area contributed by atoms with E-state index in [0.29, 0.717) is 11.4 Å². The molecule has 100 valence electrons. The smallest absolute Gasteiger partial charge is 0.258 e. The standard InChI is InChI=1S/C12H12N2O4S/c1-2-19(17,18)13-9-3-5-10(6-4-9)14-11(15)7-8-12(14)16/h3-8,13H,2H2,1H3. The van der Waals surface area contributed by atoms with Crippen molar-refractivity contribution in [1.82, 2.24) is 0 Å². The van der Waals surface area contributed by atoms with Crippen LogP contribution in [0.15, 0.2) is 36.4 Å². The average molecular weight is 280 g/mol. The van der Waals surface area contributed by atoms with Crippen LogP contribution in [-0.2, 0) is 19.6 Å². The lowest BCUT2D eigenvalue weighted by Gasteiger charge is -2.14. The molecule has 2 rings (SSSR count). The number of imide groups is 1. The minimum absolute atomic E-state index is 0.0260. The molecule has 1 aliphatic rings. The van der Waals surface area contributed by atoms with Gasteiger partial charge in [-0.1, -0.05) is 0 Å². The fourth-order valence-corrected chi connectivity index (χ4v) is 2.22. The molecule has 0 unspecified atom stereocenters. The number of benzene rings is 1. The number of sulfonamides is 1. The number of nitrogens with one attached hydrogen (secondary N) is 1. The average Bonchev–Trinajstić information content (AvgIpc) is 2.70. The van der Waals surface area contributed by atoms with Crippen LogP contribution < -0.4 is 9.62 Å². The Bertz CT molecular complexity index is 629. The van der Waals surface area contributed by atoms with E-state index >= 15 is 0 Å². The number of carbonyl (C=O) groups excluding carboxylic acids is 2. The molecule has 1 aromatic rings. The number of amides is 2. The van der Waals surface area contributed by atoms with E-state index in [2.05, 4.69) is 4.72 Å². The van der Waals surface area contributed by atoms with Crippen molar-refractivity contribution in [2.75, 3.05) is 15.4 Å². The van der Waals surface area contributed by atoms with Crippen LogP contribution in [0.3, 0.4) is 0 Å². The zero-order valence-electron chi connectivity index (χ0n) is 10.2. The van der Waals surface area contributed by atoms with Gasteiger partial charge in [0.2, 0.25) is 10.0 Å². The summed E-state index contributed by atoms with van der Waals surface area (Å²) >= 11 is 0. The first-order valence-corrected chi connectivity index (χ1v) is 7.25. The maximum atomic E-state index is 11.5. The lowest BCUT2D eigenvalue weighted by molar-refractivity contribution is -0.119. The summed E-state index contributed by atoms with van der Waals surface area (Å²) in [4.78, 5) is 23.9. The molecule has 6 nitrogen and oxygen atoms in total. The van der Waals surface area contributed by atoms with Crippen LogP contribution in [0.4, 0.5) is 11.4 Å². The summed E-state index contributed by atoms with van der Waals surface area (Å²) in [6, 6.07) is 6.02. The van der Waals surface area contributed by atoms with Gasteiger partial charge in [0.15, 0.2) is 0 Å². The van der Waals surface area contributed by atoms with Crippen LogP contribution >= 0.6 is 0 Å². The maximum absolute atomic E-state index is 11.5. The highest BCUT2D eigenvalue weighted by Crippen LogP contribution is 2.21. The van der Waals surface area contributed by atoms with Gasteiger partial charge in [0, 0.05) is 17.8 Å². The molecule has 0 radical (unpaired) electrons. The molecule has 0 aromatic heterocycles. The van der Waals surface area contributed by atoms with Crippen molar-refractivity contribution in [3.63, 3.8) is 0 Å². The van der Waals surface area contributed by atoms with Crippen molar-refractivity contribution in [2.24, 2.45) is 0 Å². The van der Waals surface area contributed by atoms with Gasteiger partial charge < -0.3 is 0 Å². The Morgan fingerprint density at radius 2 is 1.58 bits per heavy atom. The number of rotatable bonds is 4. The Hall–Kier alpha value is -2.15. The SMILES string of the molecule is CCS(=O)(=O)Nc1ccc(N2C(=O)C=CC2=O)cc1. The third-order valence-electron chi connectivity index (χ3n) is 2.59. The number of hydrogen-bond donors (Lipinski definition) is 1. The van der Waals surface area contributed by atoms with Crippen molar-refractivity contribution in [1.29, 1.82) is 0 Å². The Morgan fingerprint density at radius 3 is 2.05 bits per heavy atom. The topological polar surface area (TPSA) is 83.6 Å². The number of hydrogen-bond acceptors (Lipinski definition) is 4. The minimum atomic E-state index is -3.34. The third kappa shape index (κ3) is 2.82. The molecule has 2 amide bonds. The molecule has 1 aromatic carbocycles. The summed E-state index contributed by atoms with van der Waals surface area (Å²) < 4.78 is 25.1. The molecule has 0 bridgehead atoms. The second-order valence-corrected chi connectivity index (χ2v) is 5.91. The van der Waals surface area contributed by atoms with Gasteiger partial charge in [-0.25, -0.2) is 13.3 Å². The van der Waals surface area contributed by atoms with Crippen molar-refractivity contribution in [3.8, 4) is 0 Å². The molecular formula is C12H12N2O4S. The summed E-state index contributed by atoms with van der Waals surface area (Å²) in [5.41, 5.74) is 0.789. The predicted octanol–water partition coefficient (Wildman–Crippen LogP) is 0.878. The summed E-state index contributed by atoms with van der Waals surface area (Å²) in [7, 11) is -3.34. The normalized spacial score (nSPS) is 15.1. The molecule has 0 atom stereocenters. The Morgan fingerprint density at radius 1 is 1.05 bits per heavy atom. The molecule has 0 saturated heterocycles. The Kier molecular flexibility index (Phi) is 3.39. The van der Waals surface area contributed by atoms with Gasteiger partial charge in [0.05, 0.1) is 11.4 Å². The van der Waals surface area contributed by atoms with E-state index < -0.39 is 21.8 Å². The molecule has 0 fully saturated rings.